The molecule has 8 nitrogen and oxygen atoms in total. The lowest BCUT2D eigenvalue weighted by atomic mass is 10.1. The van der Waals surface area contributed by atoms with E-state index < -0.39 is 17.9 Å². The first-order valence-corrected chi connectivity index (χ1v) is 8.07. The summed E-state index contributed by atoms with van der Waals surface area (Å²) in [5.41, 5.74) is 1.99. The Morgan fingerprint density at radius 1 is 1.23 bits per heavy atom. The average molecular weight is 350 g/mol. The molecule has 1 aromatic carbocycles. The summed E-state index contributed by atoms with van der Waals surface area (Å²) < 4.78 is 5.66. The Labute approximate surface area is 147 Å². The van der Waals surface area contributed by atoms with Crippen molar-refractivity contribution in [2.24, 2.45) is 0 Å². The van der Waals surface area contributed by atoms with E-state index in [-0.39, 0.29) is 18.7 Å². The maximum Gasteiger partial charge on any atom is 0.252 e. The van der Waals surface area contributed by atoms with Crippen LogP contribution in [-0.4, -0.2) is 33.7 Å². The zero-order chi connectivity index (χ0) is 18.1. The Hall–Kier alpha value is -3.55. The standard InChI is InChI=1S/C18H14N4O4/c23-15-7-5-11(17(25)22-15)20-16(24)10-4-6-14-13(9-10)21-18(26-14)12-3-1-2-8-19-12/h1-4,6,8-9,11H,5,7H2,(H,20,24)(H,22,23,25). The Balaban J connectivity index is 1.56. The van der Waals surface area contributed by atoms with Crippen LogP contribution in [0.1, 0.15) is 23.2 Å². The maximum absolute atomic E-state index is 12.4. The fraction of sp³-hybridized carbons (Fsp3) is 0.167. The van der Waals surface area contributed by atoms with E-state index in [2.05, 4.69) is 20.6 Å². The number of nitrogens with one attached hydrogen (secondary N) is 2. The van der Waals surface area contributed by atoms with Crippen LogP contribution in [0.3, 0.4) is 0 Å². The fourth-order valence-electron chi connectivity index (χ4n) is 2.74. The molecule has 0 aliphatic carbocycles. The molecular formula is C18H14N4O4. The van der Waals surface area contributed by atoms with Crippen molar-refractivity contribution < 1.29 is 18.8 Å². The highest BCUT2D eigenvalue weighted by Gasteiger charge is 2.28. The van der Waals surface area contributed by atoms with Gasteiger partial charge in [-0.05, 0) is 36.8 Å². The van der Waals surface area contributed by atoms with Gasteiger partial charge in [0, 0.05) is 18.2 Å². The van der Waals surface area contributed by atoms with E-state index in [1.165, 1.54) is 0 Å². The van der Waals surface area contributed by atoms with Crippen molar-refractivity contribution in [1.82, 2.24) is 20.6 Å². The first kappa shape index (κ1) is 15.9. The molecule has 26 heavy (non-hydrogen) atoms. The van der Waals surface area contributed by atoms with E-state index in [4.69, 9.17) is 4.42 Å². The molecule has 4 rings (SSSR count). The van der Waals surface area contributed by atoms with Crippen LogP contribution < -0.4 is 10.6 Å². The zero-order valence-electron chi connectivity index (χ0n) is 13.6. The van der Waals surface area contributed by atoms with E-state index in [0.29, 0.717) is 28.2 Å². The predicted octanol–water partition coefficient (Wildman–Crippen LogP) is 1.42. The molecule has 1 aliphatic heterocycles. The number of rotatable bonds is 3. The number of hydrogen-bond donors (Lipinski definition) is 2. The third-order valence-electron chi connectivity index (χ3n) is 4.08. The molecule has 0 spiro atoms. The smallest absolute Gasteiger partial charge is 0.252 e. The number of carbonyl (C=O) groups is 3. The van der Waals surface area contributed by atoms with Gasteiger partial charge in [0.2, 0.25) is 17.7 Å². The quantitative estimate of drug-likeness (QED) is 0.691. The molecule has 1 aliphatic rings. The van der Waals surface area contributed by atoms with Gasteiger partial charge in [-0.1, -0.05) is 6.07 Å². The Kier molecular flexibility index (Phi) is 3.92. The van der Waals surface area contributed by atoms with Gasteiger partial charge in [-0.3, -0.25) is 24.7 Å². The van der Waals surface area contributed by atoms with Gasteiger partial charge in [0.15, 0.2) is 5.58 Å². The van der Waals surface area contributed by atoms with Crippen molar-refractivity contribution in [2.75, 3.05) is 0 Å². The highest BCUT2D eigenvalue weighted by atomic mass is 16.3. The second-order valence-electron chi connectivity index (χ2n) is 5.89. The van der Waals surface area contributed by atoms with Gasteiger partial charge in [-0.15, -0.1) is 0 Å². The second-order valence-corrected chi connectivity index (χ2v) is 5.89. The highest BCUT2D eigenvalue weighted by molar-refractivity contribution is 6.04. The predicted molar refractivity (Wildman–Crippen MR) is 90.9 cm³/mol. The number of nitrogens with zero attached hydrogens (tertiary/aromatic N) is 2. The minimum absolute atomic E-state index is 0.201. The summed E-state index contributed by atoms with van der Waals surface area (Å²) in [5.74, 6) is -0.867. The van der Waals surface area contributed by atoms with Crippen LogP contribution >= 0.6 is 0 Å². The molecular weight excluding hydrogens is 336 g/mol. The van der Waals surface area contributed by atoms with Crippen LogP contribution in [0.2, 0.25) is 0 Å². The number of oxazole rings is 1. The van der Waals surface area contributed by atoms with E-state index in [0.717, 1.165) is 0 Å². The SMILES string of the molecule is O=C1CCC(NC(=O)c2ccc3oc(-c4ccccn4)nc3c2)C(=O)N1. The lowest BCUT2D eigenvalue weighted by Crippen LogP contribution is -2.52. The van der Waals surface area contributed by atoms with Crippen molar-refractivity contribution >= 4 is 28.8 Å². The first-order valence-electron chi connectivity index (χ1n) is 8.07. The molecule has 1 atom stereocenters. The van der Waals surface area contributed by atoms with Gasteiger partial charge < -0.3 is 9.73 Å². The normalized spacial score (nSPS) is 17.2. The van der Waals surface area contributed by atoms with Gasteiger partial charge in [-0.2, -0.15) is 0 Å². The van der Waals surface area contributed by atoms with E-state index in [1.54, 1.807) is 36.5 Å². The van der Waals surface area contributed by atoms with Gasteiger partial charge in [0.1, 0.15) is 17.3 Å². The third kappa shape index (κ3) is 3.04. The lowest BCUT2D eigenvalue weighted by molar-refractivity contribution is -0.134. The molecule has 0 bridgehead atoms. The molecule has 2 aromatic heterocycles. The van der Waals surface area contributed by atoms with Crippen LogP contribution in [0, 0.1) is 0 Å². The van der Waals surface area contributed by atoms with Gasteiger partial charge >= 0.3 is 0 Å². The molecule has 3 amide bonds. The van der Waals surface area contributed by atoms with Gasteiger partial charge in [0.05, 0.1) is 0 Å². The molecule has 3 heterocycles. The lowest BCUT2D eigenvalue weighted by Gasteiger charge is -2.21. The molecule has 0 saturated carbocycles. The number of amides is 3. The minimum atomic E-state index is -0.725. The van der Waals surface area contributed by atoms with Crippen LogP contribution in [0.5, 0.6) is 0 Å². The van der Waals surface area contributed by atoms with Gasteiger partial charge in [0.25, 0.3) is 5.91 Å². The molecule has 8 heteroatoms. The summed E-state index contributed by atoms with van der Waals surface area (Å²) in [7, 11) is 0. The fourth-order valence-corrected chi connectivity index (χ4v) is 2.74. The van der Waals surface area contributed by atoms with Crippen molar-refractivity contribution in [2.45, 2.75) is 18.9 Å². The van der Waals surface area contributed by atoms with Crippen LogP contribution in [-0.2, 0) is 9.59 Å². The van der Waals surface area contributed by atoms with Crippen molar-refractivity contribution in [3.63, 3.8) is 0 Å². The van der Waals surface area contributed by atoms with Crippen LogP contribution in [0.15, 0.2) is 47.0 Å². The topological polar surface area (TPSA) is 114 Å². The summed E-state index contributed by atoms with van der Waals surface area (Å²) in [5, 5.41) is 4.85. The van der Waals surface area contributed by atoms with Crippen molar-refractivity contribution in [3.05, 3.63) is 48.2 Å². The van der Waals surface area contributed by atoms with Crippen molar-refractivity contribution in [3.8, 4) is 11.6 Å². The summed E-state index contributed by atoms with van der Waals surface area (Å²) in [6.45, 7) is 0. The van der Waals surface area contributed by atoms with Crippen LogP contribution in [0.25, 0.3) is 22.7 Å². The summed E-state index contributed by atoms with van der Waals surface area (Å²) in [6, 6.07) is 9.51. The van der Waals surface area contributed by atoms with Crippen LogP contribution in [0.4, 0.5) is 0 Å². The van der Waals surface area contributed by atoms with E-state index in [1.807, 2.05) is 6.07 Å². The Morgan fingerprint density at radius 3 is 2.88 bits per heavy atom. The minimum Gasteiger partial charge on any atom is -0.435 e. The third-order valence-corrected chi connectivity index (χ3v) is 4.08. The summed E-state index contributed by atoms with van der Waals surface area (Å²) >= 11 is 0. The number of benzene rings is 1. The number of imide groups is 1. The number of carbonyl (C=O) groups excluding carboxylic acids is 3. The average Bonchev–Trinajstić information content (AvgIpc) is 3.08. The monoisotopic (exact) mass is 350 g/mol. The molecule has 3 aromatic rings. The Bertz CT molecular complexity index is 1010. The maximum atomic E-state index is 12.4. The van der Waals surface area contributed by atoms with E-state index in [9.17, 15) is 14.4 Å². The Morgan fingerprint density at radius 2 is 2.12 bits per heavy atom. The molecule has 1 unspecified atom stereocenters. The summed E-state index contributed by atoms with van der Waals surface area (Å²) in [4.78, 5) is 43.9. The molecule has 1 saturated heterocycles. The number of piperidine rings is 1. The van der Waals surface area contributed by atoms with E-state index >= 15 is 0 Å². The number of hydrogen-bond acceptors (Lipinski definition) is 6. The molecule has 1 fully saturated rings. The number of aromatic nitrogens is 2. The number of pyridine rings is 1. The molecule has 2 N–H and O–H groups in total. The molecule has 130 valence electrons. The van der Waals surface area contributed by atoms with Crippen molar-refractivity contribution in [1.29, 1.82) is 0 Å². The zero-order valence-corrected chi connectivity index (χ0v) is 13.6. The largest absolute Gasteiger partial charge is 0.435 e. The number of fused-ring (bicyclic) bond motifs is 1. The second kappa shape index (κ2) is 6.40. The summed E-state index contributed by atoms with van der Waals surface area (Å²) in [6.07, 6.45) is 2.13. The van der Waals surface area contributed by atoms with Gasteiger partial charge in [-0.25, -0.2) is 4.98 Å². The highest BCUT2D eigenvalue weighted by Crippen LogP contribution is 2.23. The molecule has 0 radical (unpaired) electrons. The first-order chi connectivity index (χ1) is 12.6.